The monoisotopic (exact) mass is 350 g/mol. The van der Waals surface area contributed by atoms with Gasteiger partial charge in [-0.15, -0.1) is 0 Å². The molecule has 4 atom stereocenters. The number of ether oxygens (including phenoxy) is 1. The second-order valence-corrected chi connectivity index (χ2v) is 6.73. The predicted octanol–water partition coefficient (Wildman–Crippen LogP) is 1.54. The summed E-state index contributed by atoms with van der Waals surface area (Å²) >= 11 is 5.93. The Kier molecular flexibility index (Phi) is 4.13. The Morgan fingerprint density at radius 2 is 1.92 bits per heavy atom. The van der Waals surface area contributed by atoms with Crippen LogP contribution in [0, 0.1) is 11.8 Å². The molecule has 0 radical (unpaired) electrons. The second-order valence-electron chi connectivity index (χ2n) is 6.29. The zero-order valence-electron chi connectivity index (χ0n) is 13.7. The molecule has 0 spiro atoms. The summed E-state index contributed by atoms with van der Waals surface area (Å²) < 4.78 is 4.90. The van der Waals surface area contributed by atoms with Gasteiger partial charge in [0.25, 0.3) is 0 Å². The molecule has 2 aliphatic rings. The van der Waals surface area contributed by atoms with Crippen molar-refractivity contribution in [3.8, 4) is 0 Å². The molecule has 0 aromatic heterocycles. The van der Waals surface area contributed by atoms with Crippen molar-refractivity contribution >= 4 is 29.4 Å². The highest BCUT2D eigenvalue weighted by Gasteiger charge is 2.66. The number of esters is 1. The number of rotatable bonds is 3. The zero-order valence-corrected chi connectivity index (χ0v) is 14.5. The zero-order chi connectivity index (χ0) is 17.6. The van der Waals surface area contributed by atoms with E-state index in [0.29, 0.717) is 5.02 Å². The molecule has 2 fully saturated rings. The normalized spacial score (nSPS) is 32.2. The summed E-state index contributed by atoms with van der Waals surface area (Å²) in [6, 6.07) is 6.59. The van der Waals surface area contributed by atoms with E-state index in [1.807, 2.05) is 0 Å². The standard InChI is InChI=1S/C17H19ClN2O4/c1-4-20-14(21)11-12(15(20)22)17(2,16(23)24-3)19-13(11)9-5-7-10(18)8-6-9/h5-8,11-13,19H,4H2,1-3H3/t11-,12-,13-,17+/m0/s1. The fraction of sp³-hybridized carbons (Fsp3) is 0.471. The Hall–Kier alpha value is -1.92. The highest BCUT2D eigenvalue weighted by molar-refractivity contribution is 6.30. The lowest BCUT2D eigenvalue weighted by atomic mass is 9.80. The van der Waals surface area contributed by atoms with E-state index in [4.69, 9.17) is 16.3 Å². The Labute approximate surface area is 145 Å². The molecule has 0 aliphatic carbocycles. The van der Waals surface area contributed by atoms with Gasteiger partial charge in [0, 0.05) is 17.6 Å². The molecule has 1 aromatic carbocycles. The number of hydrogen-bond acceptors (Lipinski definition) is 5. The van der Waals surface area contributed by atoms with Crippen LogP contribution in [-0.4, -0.2) is 41.9 Å². The quantitative estimate of drug-likeness (QED) is 0.661. The predicted molar refractivity (Wildman–Crippen MR) is 87.1 cm³/mol. The molecule has 128 valence electrons. The molecule has 7 heteroatoms. The lowest BCUT2D eigenvalue weighted by Gasteiger charge is -2.28. The van der Waals surface area contributed by atoms with Crippen molar-refractivity contribution in [2.75, 3.05) is 13.7 Å². The molecule has 0 bridgehead atoms. The van der Waals surface area contributed by atoms with Gasteiger partial charge in [-0.05, 0) is 31.5 Å². The van der Waals surface area contributed by atoms with Crippen molar-refractivity contribution in [2.24, 2.45) is 11.8 Å². The average molecular weight is 351 g/mol. The Morgan fingerprint density at radius 1 is 1.29 bits per heavy atom. The van der Waals surface area contributed by atoms with Crippen molar-refractivity contribution in [1.29, 1.82) is 0 Å². The van der Waals surface area contributed by atoms with E-state index in [2.05, 4.69) is 5.32 Å². The minimum Gasteiger partial charge on any atom is -0.468 e. The average Bonchev–Trinajstić information content (AvgIpc) is 3.02. The van der Waals surface area contributed by atoms with Gasteiger partial charge in [-0.2, -0.15) is 0 Å². The number of hydrogen-bond donors (Lipinski definition) is 1. The van der Waals surface area contributed by atoms with Crippen molar-refractivity contribution in [3.05, 3.63) is 34.9 Å². The number of carbonyl (C=O) groups is 3. The van der Waals surface area contributed by atoms with E-state index >= 15 is 0 Å². The summed E-state index contributed by atoms with van der Waals surface area (Å²) in [6.45, 7) is 3.66. The highest BCUT2D eigenvalue weighted by Crippen LogP contribution is 2.48. The lowest BCUT2D eigenvalue weighted by Crippen LogP contribution is -2.53. The maximum atomic E-state index is 12.8. The number of nitrogens with one attached hydrogen (secondary N) is 1. The Morgan fingerprint density at radius 3 is 2.46 bits per heavy atom. The number of carbonyl (C=O) groups excluding carboxylic acids is 3. The summed E-state index contributed by atoms with van der Waals surface area (Å²) in [5, 5.41) is 3.75. The van der Waals surface area contributed by atoms with Crippen molar-refractivity contribution in [3.63, 3.8) is 0 Å². The smallest absolute Gasteiger partial charge is 0.326 e. The molecule has 1 aromatic rings. The molecule has 1 N–H and O–H groups in total. The third-order valence-corrected chi connectivity index (χ3v) is 5.29. The molecular weight excluding hydrogens is 332 g/mol. The Balaban J connectivity index is 2.09. The fourth-order valence-electron chi connectivity index (χ4n) is 3.87. The van der Waals surface area contributed by atoms with Crippen LogP contribution < -0.4 is 5.32 Å². The van der Waals surface area contributed by atoms with Crippen molar-refractivity contribution in [1.82, 2.24) is 10.2 Å². The molecule has 2 amide bonds. The van der Waals surface area contributed by atoms with Gasteiger partial charge in [-0.25, -0.2) is 0 Å². The van der Waals surface area contributed by atoms with Crippen LogP contribution in [0.2, 0.25) is 5.02 Å². The molecular formula is C17H19ClN2O4. The first-order valence-corrected chi connectivity index (χ1v) is 8.19. The van der Waals surface area contributed by atoms with Crippen LogP contribution in [0.1, 0.15) is 25.5 Å². The molecule has 6 nitrogen and oxygen atoms in total. The van der Waals surface area contributed by atoms with Gasteiger partial charge in [0.1, 0.15) is 5.54 Å². The van der Waals surface area contributed by atoms with Crippen LogP contribution in [0.15, 0.2) is 24.3 Å². The number of methoxy groups -OCH3 is 1. The molecule has 2 aliphatic heterocycles. The first-order valence-electron chi connectivity index (χ1n) is 7.82. The Bertz CT molecular complexity index is 705. The fourth-order valence-corrected chi connectivity index (χ4v) is 3.99. The van der Waals surface area contributed by atoms with Gasteiger partial charge >= 0.3 is 5.97 Å². The first kappa shape index (κ1) is 16.9. The van der Waals surface area contributed by atoms with E-state index in [-0.39, 0.29) is 18.4 Å². The second kappa shape index (κ2) is 5.86. The van der Waals surface area contributed by atoms with E-state index in [1.54, 1.807) is 38.1 Å². The van der Waals surface area contributed by atoms with Crippen LogP contribution >= 0.6 is 11.6 Å². The number of nitrogens with zero attached hydrogens (tertiary/aromatic N) is 1. The summed E-state index contributed by atoms with van der Waals surface area (Å²) in [5.41, 5.74) is -0.443. The van der Waals surface area contributed by atoms with Gasteiger partial charge < -0.3 is 4.74 Å². The van der Waals surface area contributed by atoms with Gasteiger partial charge in [-0.3, -0.25) is 24.6 Å². The van der Waals surface area contributed by atoms with Crippen LogP contribution in [0.3, 0.4) is 0 Å². The largest absolute Gasteiger partial charge is 0.468 e. The third-order valence-electron chi connectivity index (χ3n) is 5.03. The van der Waals surface area contributed by atoms with Crippen LogP contribution in [0.5, 0.6) is 0 Å². The minimum atomic E-state index is -1.25. The van der Waals surface area contributed by atoms with Crippen molar-refractivity contribution in [2.45, 2.75) is 25.4 Å². The number of likely N-dealkylation sites (tertiary alicyclic amines) is 1. The van der Waals surface area contributed by atoms with E-state index < -0.39 is 29.4 Å². The summed E-state index contributed by atoms with van der Waals surface area (Å²) in [7, 11) is 1.28. The van der Waals surface area contributed by atoms with E-state index in [0.717, 1.165) is 5.56 Å². The van der Waals surface area contributed by atoms with Gasteiger partial charge in [0.2, 0.25) is 11.8 Å². The number of imide groups is 1. The van der Waals surface area contributed by atoms with Gasteiger partial charge in [0.05, 0.1) is 18.9 Å². The van der Waals surface area contributed by atoms with Gasteiger partial charge in [0.15, 0.2) is 0 Å². The van der Waals surface area contributed by atoms with Crippen molar-refractivity contribution < 1.29 is 19.1 Å². The maximum Gasteiger partial charge on any atom is 0.326 e. The molecule has 0 unspecified atom stereocenters. The van der Waals surface area contributed by atoms with Crippen LogP contribution in [0.25, 0.3) is 0 Å². The maximum absolute atomic E-state index is 12.8. The molecule has 3 rings (SSSR count). The highest BCUT2D eigenvalue weighted by atomic mass is 35.5. The number of benzene rings is 1. The van der Waals surface area contributed by atoms with Gasteiger partial charge in [-0.1, -0.05) is 23.7 Å². The van der Waals surface area contributed by atoms with E-state index in [1.165, 1.54) is 12.0 Å². The van der Waals surface area contributed by atoms with Crippen LogP contribution in [-0.2, 0) is 19.1 Å². The molecule has 2 saturated heterocycles. The molecule has 2 heterocycles. The number of amides is 2. The molecule has 24 heavy (non-hydrogen) atoms. The summed E-state index contributed by atoms with van der Waals surface area (Å²) in [5.74, 6) is -2.55. The topological polar surface area (TPSA) is 75.7 Å². The number of fused-ring (bicyclic) bond motifs is 1. The lowest BCUT2D eigenvalue weighted by molar-refractivity contribution is -0.153. The number of halogens is 1. The summed E-state index contributed by atoms with van der Waals surface area (Å²) in [4.78, 5) is 39.1. The SMILES string of the molecule is CCN1C(=O)[C@H]2[C@@H](C1=O)[C@](C)(C(=O)OC)N[C@H]2c1ccc(Cl)cc1. The van der Waals surface area contributed by atoms with E-state index in [9.17, 15) is 14.4 Å². The minimum absolute atomic E-state index is 0.257. The first-order chi connectivity index (χ1) is 11.3. The molecule has 0 saturated carbocycles. The summed E-state index contributed by atoms with van der Waals surface area (Å²) in [6.07, 6.45) is 0. The van der Waals surface area contributed by atoms with Crippen LogP contribution in [0.4, 0.5) is 0 Å². The third kappa shape index (κ3) is 2.24.